The smallest absolute Gasteiger partial charge is 0.0905 e. The third-order valence-electron chi connectivity index (χ3n) is 2.80. The summed E-state index contributed by atoms with van der Waals surface area (Å²) in [5.41, 5.74) is 5.28. The second-order valence-electron chi connectivity index (χ2n) is 4.46. The molecule has 3 N–H and O–H groups in total. The van der Waals surface area contributed by atoms with Crippen molar-refractivity contribution >= 4 is 18.2 Å². The molecule has 0 rings (SSSR count). The highest BCUT2D eigenvalue weighted by molar-refractivity contribution is 5.85. The van der Waals surface area contributed by atoms with Gasteiger partial charge in [0.05, 0.1) is 5.84 Å². The van der Waals surface area contributed by atoms with E-state index in [1.165, 1.54) is 57.8 Å². The van der Waals surface area contributed by atoms with Gasteiger partial charge in [0, 0.05) is 6.42 Å². The van der Waals surface area contributed by atoms with Gasteiger partial charge in [-0.2, -0.15) is 0 Å². The molecular formula is C13H29ClN2. The van der Waals surface area contributed by atoms with Crippen molar-refractivity contribution in [2.75, 3.05) is 0 Å². The van der Waals surface area contributed by atoms with Crippen LogP contribution in [-0.4, -0.2) is 5.84 Å². The number of unbranched alkanes of at least 4 members (excludes halogenated alkanes) is 9. The maximum atomic E-state index is 7.08. The van der Waals surface area contributed by atoms with Crippen LogP contribution in [0.2, 0.25) is 0 Å². The van der Waals surface area contributed by atoms with E-state index >= 15 is 0 Å². The van der Waals surface area contributed by atoms with Crippen molar-refractivity contribution in [3.63, 3.8) is 0 Å². The fourth-order valence-corrected chi connectivity index (χ4v) is 1.80. The normalized spacial score (nSPS) is 9.81. The maximum absolute atomic E-state index is 7.08. The molecule has 0 saturated heterocycles. The lowest BCUT2D eigenvalue weighted by molar-refractivity contribution is 0.559. The van der Waals surface area contributed by atoms with Crippen molar-refractivity contribution in [3.8, 4) is 0 Å². The van der Waals surface area contributed by atoms with Crippen LogP contribution >= 0.6 is 12.4 Å². The van der Waals surface area contributed by atoms with Crippen LogP contribution in [0.5, 0.6) is 0 Å². The Balaban J connectivity index is 0. The van der Waals surface area contributed by atoms with Crippen LogP contribution in [0.1, 0.15) is 77.6 Å². The van der Waals surface area contributed by atoms with Crippen LogP contribution < -0.4 is 5.73 Å². The van der Waals surface area contributed by atoms with Gasteiger partial charge in [0.2, 0.25) is 0 Å². The molecule has 0 unspecified atom stereocenters. The molecule has 0 atom stereocenters. The molecule has 0 aromatic carbocycles. The van der Waals surface area contributed by atoms with Crippen LogP contribution in [-0.2, 0) is 0 Å². The molecule has 98 valence electrons. The van der Waals surface area contributed by atoms with Gasteiger partial charge in [0.1, 0.15) is 0 Å². The van der Waals surface area contributed by atoms with Gasteiger partial charge in [0.15, 0.2) is 0 Å². The summed E-state index contributed by atoms with van der Waals surface area (Å²) in [6.45, 7) is 2.26. The second-order valence-corrected chi connectivity index (χ2v) is 4.46. The average molecular weight is 249 g/mol. The number of hydrogen-bond donors (Lipinski definition) is 2. The highest BCUT2D eigenvalue weighted by atomic mass is 35.5. The lowest BCUT2D eigenvalue weighted by atomic mass is 10.1. The summed E-state index contributed by atoms with van der Waals surface area (Å²) in [5.74, 6) is 0.342. The van der Waals surface area contributed by atoms with Crippen LogP contribution in [0.3, 0.4) is 0 Å². The zero-order valence-corrected chi connectivity index (χ0v) is 11.6. The first kappa shape index (κ1) is 18.1. The minimum absolute atomic E-state index is 0. The quantitative estimate of drug-likeness (QED) is 0.312. The number of rotatable bonds is 11. The van der Waals surface area contributed by atoms with Crippen LogP contribution in [0, 0.1) is 5.41 Å². The molecule has 0 bridgehead atoms. The molecule has 0 aliphatic rings. The molecule has 0 saturated carbocycles. The maximum Gasteiger partial charge on any atom is 0.0905 e. The minimum atomic E-state index is 0. The lowest BCUT2D eigenvalue weighted by Crippen LogP contribution is -2.08. The Morgan fingerprint density at radius 3 is 1.56 bits per heavy atom. The summed E-state index contributed by atoms with van der Waals surface area (Å²) >= 11 is 0. The van der Waals surface area contributed by atoms with Gasteiger partial charge < -0.3 is 5.73 Å². The van der Waals surface area contributed by atoms with Gasteiger partial charge in [0.25, 0.3) is 0 Å². The first-order chi connectivity index (χ1) is 7.27. The van der Waals surface area contributed by atoms with E-state index in [4.69, 9.17) is 11.1 Å². The second kappa shape index (κ2) is 14.8. The van der Waals surface area contributed by atoms with E-state index in [2.05, 4.69) is 6.92 Å². The van der Waals surface area contributed by atoms with Gasteiger partial charge >= 0.3 is 0 Å². The molecule has 0 heterocycles. The summed E-state index contributed by atoms with van der Waals surface area (Å²) in [5, 5.41) is 7.08. The summed E-state index contributed by atoms with van der Waals surface area (Å²) < 4.78 is 0. The van der Waals surface area contributed by atoms with E-state index in [1.807, 2.05) is 0 Å². The molecule has 0 aromatic heterocycles. The molecule has 0 aliphatic carbocycles. The van der Waals surface area contributed by atoms with Crippen LogP contribution in [0.15, 0.2) is 0 Å². The number of nitrogens with two attached hydrogens (primary N) is 1. The third-order valence-corrected chi connectivity index (χ3v) is 2.80. The minimum Gasteiger partial charge on any atom is -0.388 e. The van der Waals surface area contributed by atoms with Crippen LogP contribution in [0.4, 0.5) is 0 Å². The molecule has 0 radical (unpaired) electrons. The van der Waals surface area contributed by atoms with E-state index in [0.29, 0.717) is 5.84 Å². The Hall–Kier alpha value is -0.240. The van der Waals surface area contributed by atoms with Crippen molar-refractivity contribution in [1.29, 1.82) is 5.41 Å². The number of amidine groups is 1. The van der Waals surface area contributed by atoms with Crippen molar-refractivity contribution in [2.45, 2.75) is 77.6 Å². The van der Waals surface area contributed by atoms with E-state index in [0.717, 1.165) is 12.8 Å². The highest BCUT2D eigenvalue weighted by Gasteiger charge is 1.93. The third kappa shape index (κ3) is 16.2. The molecule has 3 heteroatoms. The predicted octanol–water partition coefficient (Wildman–Crippen LogP) is 4.66. The standard InChI is InChI=1S/C13H28N2.ClH/c1-2-3-4-5-6-7-8-9-10-11-12-13(14)15;/h2-12H2,1H3,(H3,14,15);1H. The molecule has 0 amide bonds. The largest absolute Gasteiger partial charge is 0.388 e. The van der Waals surface area contributed by atoms with Gasteiger partial charge in [-0.15, -0.1) is 12.4 Å². The predicted molar refractivity (Wildman–Crippen MR) is 75.6 cm³/mol. The fourth-order valence-electron chi connectivity index (χ4n) is 1.80. The number of hydrogen-bond acceptors (Lipinski definition) is 1. The molecule has 0 spiro atoms. The Kier molecular flexibility index (Phi) is 16.7. The topological polar surface area (TPSA) is 49.9 Å². The summed E-state index contributed by atoms with van der Waals surface area (Å²) in [6, 6.07) is 0. The van der Waals surface area contributed by atoms with Gasteiger partial charge in [-0.1, -0.05) is 64.7 Å². The molecule has 0 fully saturated rings. The zero-order valence-electron chi connectivity index (χ0n) is 10.8. The molecule has 16 heavy (non-hydrogen) atoms. The highest BCUT2D eigenvalue weighted by Crippen LogP contribution is 2.10. The van der Waals surface area contributed by atoms with Gasteiger partial charge in [-0.3, -0.25) is 5.41 Å². The Morgan fingerprint density at radius 1 is 0.812 bits per heavy atom. The summed E-state index contributed by atoms with van der Waals surface area (Å²) in [7, 11) is 0. The van der Waals surface area contributed by atoms with Crippen molar-refractivity contribution in [1.82, 2.24) is 0 Å². The number of nitrogens with one attached hydrogen (secondary N) is 1. The zero-order chi connectivity index (χ0) is 11.4. The van der Waals surface area contributed by atoms with E-state index in [9.17, 15) is 0 Å². The van der Waals surface area contributed by atoms with Crippen molar-refractivity contribution < 1.29 is 0 Å². The van der Waals surface area contributed by atoms with Gasteiger partial charge in [-0.25, -0.2) is 0 Å². The molecule has 0 aliphatic heterocycles. The summed E-state index contributed by atoms with van der Waals surface area (Å²) in [4.78, 5) is 0. The van der Waals surface area contributed by atoms with E-state index in [1.54, 1.807) is 0 Å². The van der Waals surface area contributed by atoms with Crippen molar-refractivity contribution in [3.05, 3.63) is 0 Å². The van der Waals surface area contributed by atoms with E-state index in [-0.39, 0.29) is 12.4 Å². The number of halogens is 1. The van der Waals surface area contributed by atoms with Crippen molar-refractivity contribution in [2.24, 2.45) is 5.73 Å². The SMILES string of the molecule is CCCCCCCCCCCCC(=N)N.Cl. The Labute approximate surface area is 107 Å². The summed E-state index contributed by atoms with van der Waals surface area (Å²) in [6.07, 6.45) is 14.2. The average Bonchev–Trinajstić information content (AvgIpc) is 2.20. The van der Waals surface area contributed by atoms with E-state index < -0.39 is 0 Å². The molecule has 2 nitrogen and oxygen atoms in total. The fraction of sp³-hybridized carbons (Fsp3) is 0.923. The molecule has 0 aromatic rings. The first-order valence-electron chi connectivity index (χ1n) is 6.60. The van der Waals surface area contributed by atoms with Gasteiger partial charge in [-0.05, 0) is 6.42 Å². The Bertz CT molecular complexity index is 149. The first-order valence-corrected chi connectivity index (χ1v) is 6.60. The Morgan fingerprint density at radius 2 is 1.19 bits per heavy atom. The van der Waals surface area contributed by atoms with Crippen LogP contribution in [0.25, 0.3) is 0 Å². The lowest BCUT2D eigenvalue weighted by Gasteiger charge is -2.01. The molecular weight excluding hydrogens is 220 g/mol. The monoisotopic (exact) mass is 248 g/mol.